The summed E-state index contributed by atoms with van der Waals surface area (Å²) in [6.07, 6.45) is 0. The maximum atomic E-state index is 5.81. The number of pyridine rings is 1. The molecule has 0 aliphatic heterocycles. The Morgan fingerprint density at radius 3 is 2.67 bits per heavy atom. The van der Waals surface area contributed by atoms with Crippen molar-refractivity contribution in [2.75, 3.05) is 0 Å². The van der Waals surface area contributed by atoms with Crippen LogP contribution < -0.4 is 4.74 Å². The van der Waals surface area contributed by atoms with Crippen LogP contribution in [0.2, 0.25) is 0 Å². The van der Waals surface area contributed by atoms with Gasteiger partial charge in [-0.1, -0.05) is 15.9 Å². The molecule has 0 aliphatic carbocycles. The van der Waals surface area contributed by atoms with Crippen LogP contribution in [0.15, 0.2) is 18.2 Å². The molecule has 0 saturated carbocycles. The molecule has 2 aromatic rings. The van der Waals surface area contributed by atoms with Crippen molar-refractivity contribution in [3.05, 3.63) is 41.0 Å². The summed E-state index contributed by atoms with van der Waals surface area (Å²) in [5, 5.41) is 4.98. The summed E-state index contributed by atoms with van der Waals surface area (Å²) in [4.78, 5) is 4.44. The van der Waals surface area contributed by atoms with Crippen LogP contribution in [0, 0.1) is 13.8 Å². The number of halogens is 1. The fourth-order valence-corrected chi connectivity index (χ4v) is 2.18. The minimum atomic E-state index is 0.502. The Kier molecular flexibility index (Phi) is 4.01. The number of alkyl halides is 1. The second-order valence-electron chi connectivity index (χ2n) is 4.22. The quantitative estimate of drug-likeness (QED) is 0.815. The summed E-state index contributed by atoms with van der Waals surface area (Å²) in [7, 11) is 1.92. The van der Waals surface area contributed by atoms with Crippen LogP contribution in [0.1, 0.15) is 22.8 Å². The van der Waals surface area contributed by atoms with E-state index in [4.69, 9.17) is 4.74 Å². The minimum Gasteiger partial charge on any atom is -0.485 e. The first-order valence-corrected chi connectivity index (χ1v) is 6.87. The van der Waals surface area contributed by atoms with Crippen molar-refractivity contribution in [2.24, 2.45) is 7.05 Å². The Bertz CT molecular complexity index is 551. The molecule has 2 rings (SSSR count). The lowest BCUT2D eigenvalue weighted by atomic mass is 10.3. The fourth-order valence-electron chi connectivity index (χ4n) is 1.78. The molecule has 0 N–H and O–H groups in total. The van der Waals surface area contributed by atoms with Crippen molar-refractivity contribution in [2.45, 2.75) is 25.8 Å². The number of rotatable bonds is 4. The van der Waals surface area contributed by atoms with Gasteiger partial charge in [-0.2, -0.15) is 5.10 Å². The van der Waals surface area contributed by atoms with E-state index in [1.54, 1.807) is 0 Å². The van der Waals surface area contributed by atoms with Crippen LogP contribution in [0.3, 0.4) is 0 Å². The smallest absolute Gasteiger partial charge is 0.142 e. The van der Waals surface area contributed by atoms with Crippen molar-refractivity contribution < 1.29 is 4.74 Å². The molecule has 2 heterocycles. The Hall–Kier alpha value is -1.36. The first-order chi connectivity index (χ1) is 8.60. The van der Waals surface area contributed by atoms with E-state index in [1.807, 2.05) is 43.8 Å². The molecule has 0 aromatic carbocycles. The third-order valence-electron chi connectivity index (χ3n) is 2.67. The number of hydrogen-bond donors (Lipinski definition) is 0. The van der Waals surface area contributed by atoms with Crippen molar-refractivity contribution in [3.63, 3.8) is 0 Å². The molecule has 0 spiro atoms. The molecule has 96 valence electrons. The van der Waals surface area contributed by atoms with E-state index in [0.29, 0.717) is 11.9 Å². The second kappa shape index (κ2) is 5.52. The second-order valence-corrected chi connectivity index (χ2v) is 4.78. The Labute approximate surface area is 115 Å². The summed E-state index contributed by atoms with van der Waals surface area (Å²) >= 11 is 3.43. The molecular weight excluding hydrogens is 294 g/mol. The summed E-state index contributed by atoms with van der Waals surface area (Å²) < 4.78 is 7.65. The van der Waals surface area contributed by atoms with Gasteiger partial charge in [-0.05, 0) is 32.0 Å². The van der Waals surface area contributed by atoms with Gasteiger partial charge >= 0.3 is 0 Å². The van der Waals surface area contributed by atoms with E-state index < -0.39 is 0 Å². The molecule has 0 unspecified atom stereocenters. The zero-order valence-electron chi connectivity index (χ0n) is 10.8. The van der Waals surface area contributed by atoms with Gasteiger partial charge in [-0.15, -0.1) is 0 Å². The normalized spacial score (nSPS) is 10.7. The van der Waals surface area contributed by atoms with Gasteiger partial charge in [0.2, 0.25) is 0 Å². The van der Waals surface area contributed by atoms with Crippen molar-refractivity contribution >= 4 is 15.9 Å². The zero-order valence-corrected chi connectivity index (χ0v) is 12.4. The summed E-state index contributed by atoms with van der Waals surface area (Å²) in [5.74, 6) is 0.816. The van der Waals surface area contributed by atoms with Crippen LogP contribution in [0.4, 0.5) is 0 Å². The number of ether oxygens (including phenoxy) is 1. The molecule has 0 bridgehead atoms. The van der Waals surface area contributed by atoms with Gasteiger partial charge in [0.25, 0.3) is 0 Å². The van der Waals surface area contributed by atoms with Crippen LogP contribution in [0.25, 0.3) is 0 Å². The molecule has 0 atom stereocenters. The molecule has 0 fully saturated rings. The molecule has 0 radical (unpaired) electrons. The largest absolute Gasteiger partial charge is 0.485 e. The van der Waals surface area contributed by atoms with E-state index in [-0.39, 0.29) is 0 Å². The SMILES string of the molecule is Cc1ccc(OCc2cc(C)nn2C)c(CBr)n1. The molecule has 18 heavy (non-hydrogen) atoms. The summed E-state index contributed by atoms with van der Waals surface area (Å²) in [6, 6.07) is 5.94. The van der Waals surface area contributed by atoms with Gasteiger partial charge in [0.05, 0.1) is 17.1 Å². The molecular formula is C13H16BrN3O. The van der Waals surface area contributed by atoms with Gasteiger partial charge in [0.15, 0.2) is 0 Å². The maximum absolute atomic E-state index is 5.81. The molecule has 5 heteroatoms. The highest BCUT2D eigenvalue weighted by Gasteiger charge is 2.07. The van der Waals surface area contributed by atoms with Gasteiger partial charge in [-0.3, -0.25) is 9.67 Å². The van der Waals surface area contributed by atoms with Crippen molar-refractivity contribution in [1.29, 1.82) is 0 Å². The molecule has 0 amide bonds. The molecule has 4 nitrogen and oxygen atoms in total. The Morgan fingerprint density at radius 1 is 1.28 bits per heavy atom. The number of aromatic nitrogens is 3. The average Bonchev–Trinajstić information content (AvgIpc) is 2.66. The van der Waals surface area contributed by atoms with Crippen LogP contribution in [-0.4, -0.2) is 14.8 Å². The van der Waals surface area contributed by atoms with E-state index in [2.05, 4.69) is 26.0 Å². The zero-order chi connectivity index (χ0) is 13.1. The maximum Gasteiger partial charge on any atom is 0.142 e. The van der Waals surface area contributed by atoms with Gasteiger partial charge in [0, 0.05) is 18.1 Å². The van der Waals surface area contributed by atoms with Crippen molar-refractivity contribution in [3.8, 4) is 5.75 Å². The summed E-state index contributed by atoms with van der Waals surface area (Å²) in [6.45, 7) is 4.45. The van der Waals surface area contributed by atoms with Crippen molar-refractivity contribution in [1.82, 2.24) is 14.8 Å². The Balaban J connectivity index is 2.13. The standard InChI is InChI=1S/C13H16BrN3O/c1-9-4-5-13(12(7-14)15-9)18-8-11-6-10(2)16-17(11)3/h4-6H,7-8H2,1-3H3. The molecule has 0 aliphatic rings. The van der Waals surface area contributed by atoms with E-state index in [9.17, 15) is 0 Å². The predicted octanol–water partition coefficient (Wildman–Crippen LogP) is 2.91. The predicted molar refractivity (Wildman–Crippen MR) is 73.9 cm³/mol. The Morgan fingerprint density at radius 2 is 2.06 bits per heavy atom. The van der Waals surface area contributed by atoms with Gasteiger partial charge in [-0.25, -0.2) is 0 Å². The van der Waals surface area contributed by atoms with Gasteiger partial charge in [0.1, 0.15) is 12.4 Å². The number of hydrogen-bond acceptors (Lipinski definition) is 3. The lowest BCUT2D eigenvalue weighted by molar-refractivity contribution is 0.291. The van der Waals surface area contributed by atoms with Crippen LogP contribution in [-0.2, 0) is 19.0 Å². The monoisotopic (exact) mass is 309 g/mol. The van der Waals surface area contributed by atoms with E-state index >= 15 is 0 Å². The van der Waals surface area contributed by atoms with Gasteiger partial charge < -0.3 is 4.74 Å². The first-order valence-electron chi connectivity index (χ1n) is 5.75. The van der Waals surface area contributed by atoms with Crippen LogP contribution in [0.5, 0.6) is 5.75 Å². The minimum absolute atomic E-state index is 0.502. The highest BCUT2D eigenvalue weighted by Crippen LogP contribution is 2.20. The lowest BCUT2D eigenvalue weighted by Gasteiger charge is -2.10. The first kappa shape index (κ1) is 13.1. The third-order valence-corrected chi connectivity index (χ3v) is 3.20. The fraction of sp³-hybridized carbons (Fsp3) is 0.385. The number of aryl methyl sites for hydroxylation is 3. The summed E-state index contributed by atoms with van der Waals surface area (Å²) in [5.41, 5.74) is 3.97. The average molecular weight is 310 g/mol. The van der Waals surface area contributed by atoms with E-state index in [1.165, 1.54) is 0 Å². The highest BCUT2D eigenvalue weighted by atomic mass is 79.9. The number of nitrogens with zero attached hydrogens (tertiary/aromatic N) is 3. The third kappa shape index (κ3) is 2.90. The topological polar surface area (TPSA) is 39.9 Å². The molecule has 2 aromatic heterocycles. The van der Waals surface area contributed by atoms with E-state index in [0.717, 1.165) is 28.5 Å². The van der Waals surface area contributed by atoms with Crippen LogP contribution >= 0.6 is 15.9 Å². The molecule has 0 saturated heterocycles. The lowest BCUT2D eigenvalue weighted by Crippen LogP contribution is -2.05. The highest BCUT2D eigenvalue weighted by molar-refractivity contribution is 9.08.